The summed E-state index contributed by atoms with van der Waals surface area (Å²) in [5, 5.41) is 0. The van der Waals surface area contributed by atoms with Crippen molar-refractivity contribution in [1.29, 1.82) is 0 Å². The highest BCUT2D eigenvalue weighted by atomic mass is 32.2. The van der Waals surface area contributed by atoms with Crippen LogP contribution in [0, 0.1) is 6.92 Å². The van der Waals surface area contributed by atoms with Gasteiger partial charge in [-0.1, -0.05) is 17.7 Å². The lowest BCUT2D eigenvalue weighted by Gasteiger charge is -2.02. The van der Waals surface area contributed by atoms with E-state index in [9.17, 15) is 9.59 Å². The summed E-state index contributed by atoms with van der Waals surface area (Å²) < 4.78 is 12.8. The molecule has 0 fully saturated rings. The molecule has 1 rings (SSSR count). The van der Waals surface area contributed by atoms with Gasteiger partial charge >= 0.3 is 11.9 Å². The molecule has 0 saturated carbocycles. The van der Waals surface area contributed by atoms with Gasteiger partial charge in [0.25, 0.3) is 0 Å². The molecule has 0 unspecified atom stereocenters. The van der Waals surface area contributed by atoms with Crippen molar-refractivity contribution in [1.82, 2.24) is 0 Å². The zero-order valence-corrected chi connectivity index (χ0v) is 11.1. The van der Waals surface area contributed by atoms with Crippen LogP contribution in [0.25, 0.3) is 0 Å². The molecule has 0 aliphatic heterocycles. The molecule has 0 saturated heterocycles. The van der Waals surface area contributed by atoms with Crippen molar-refractivity contribution in [3.05, 3.63) is 29.8 Å². The van der Waals surface area contributed by atoms with E-state index >= 15 is 0 Å². The van der Waals surface area contributed by atoms with Gasteiger partial charge in [0.2, 0.25) is 5.71 Å². The molecule has 5 nitrogen and oxygen atoms in total. The molecule has 0 aromatic heterocycles. The van der Waals surface area contributed by atoms with E-state index in [0.29, 0.717) is 0 Å². The van der Waals surface area contributed by atoms with Crippen molar-refractivity contribution in [3.63, 3.8) is 0 Å². The quantitative estimate of drug-likeness (QED) is 0.360. The van der Waals surface area contributed by atoms with Crippen LogP contribution in [0.5, 0.6) is 0 Å². The maximum atomic E-state index is 11.3. The monoisotopic (exact) mass is 267 g/mol. The Labute approximate surface area is 109 Å². The Hall–Kier alpha value is -1.82. The molecule has 1 aromatic carbocycles. The molecule has 0 N–H and O–H groups in total. The SMILES string of the molecule is COC(=O)C(=NSc1ccc(C)cc1)C(=O)OC. The van der Waals surface area contributed by atoms with Crippen LogP contribution in [-0.4, -0.2) is 31.9 Å². The molecule has 0 aliphatic rings. The fourth-order valence-corrected chi connectivity index (χ4v) is 1.65. The van der Waals surface area contributed by atoms with Gasteiger partial charge in [0, 0.05) is 16.8 Å². The van der Waals surface area contributed by atoms with Gasteiger partial charge in [-0.25, -0.2) is 9.59 Å². The zero-order chi connectivity index (χ0) is 13.5. The van der Waals surface area contributed by atoms with Crippen LogP contribution in [0.1, 0.15) is 5.56 Å². The van der Waals surface area contributed by atoms with E-state index in [1.165, 1.54) is 14.2 Å². The standard InChI is InChI=1S/C12H13NO4S/c1-8-4-6-9(7-5-8)18-13-10(11(14)16-2)12(15)17-3/h4-7H,1-3H3. The molecule has 6 heteroatoms. The van der Waals surface area contributed by atoms with Crippen molar-refractivity contribution in [2.45, 2.75) is 11.8 Å². The largest absolute Gasteiger partial charge is 0.464 e. The van der Waals surface area contributed by atoms with E-state index in [-0.39, 0.29) is 5.71 Å². The molecular weight excluding hydrogens is 254 g/mol. The summed E-state index contributed by atoms with van der Waals surface area (Å²) in [5.74, 6) is -1.64. The Balaban J connectivity index is 2.86. The number of hydrogen-bond donors (Lipinski definition) is 0. The molecule has 0 radical (unpaired) electrons. The predicted octanol–water partition coefficient (Wildman–Crippen LogP) is 1.79. The first kappa shape index (κ1) is 14.2. The molecular formula is C12H13NO4S. The fraction of sp³-hybridized carbons (Fsp3) is 0.250. The number of rotatable bonds is 4. The van der Waals surface area contributed by atoms with Gasteiger partial charge in [-0.05, 0) is 19.1 Å². The zero-order valence-electron chi connectivity index (χ0n) is 10.3. The van der Waals surface area contributed by atoms with Gasteiger partial charge in [-0.3, -0.25) is 0 Å². The smallest absolute Gasteiger partial charge is 0.365 e. The second kappa shape index (κ2) is 6.80. The van der Waals surface area contributed by atoms with Crippen LogP contribution in [-0.2, 0) is 19.1 Å². The molecule has 0 bridgehead atoms. The van der Waals surface area contributed by atoms with Crippen molar-refractivity contribution in [2.75, 3.05) is 14.2 Å². The number of carbonyl (C=O) groups excluding carboxylic acids is 2. The molecule has 18 heavy (non-hydrogen) atoms. The second-order valence-corrected chi connectivity index (χ2v) is 4.16. The lowest BCUT2D eigenvalue weighted by molar-refractivity contribution is -0.138. The summed E-state index contributed by atoms with van der Waals surface area (Å²) in [6.07, 6.45) is 0. The number of esters is 2. The van der Waals surface area contributed by atoms with E-state index in [0.717, 1.165) is 22.4 Å². The van der Waals surface area contributed by atoms with Gasteiger partial charge in [0.15, 0.2) is 0 Å². The molecule has 0 atom stereocenters. The third-order valence-electron chi connectivity index (χ3n) is 2.02. The van der Waals surface area contributed by atoms with Gasteiger partial charge in [-0.2, -0.15) is 4.40 Å². The van der Waals surface area contributed by atoms with Crippen molar-refractivity contribution in [3.8, 4) is 0 Å². The van der Waals surface area contributed by atoms with E-state index in [1.54, 1.807) is 0 Å². The Kier molecular flexibility index (Phi) is 5.38. The van der Waals surface area contributed by atoms with Crippen LogP contribution in [0.2, 0.25) is 0 Å². The number of nitrogens with zero attached hydrogens (tertiary/aromatic N) is 1. The Morgan fingerprint density at radius 2 is 1.56 bits per heavy atom. The van der Waals surface area contributed by atoms with Gasteiger partial charge < -0.3 is 9.47 Å². The number of aryl methyl sites for hydroxylation is 1. The number of methoxy groups -OCH3 is 2. The normalized spacial score (nSPS) is 9.50. The van der Waals surface area contributed by atoms with Crippen molar-refractivity contribution in [2.24, 2.45) is 4.40 Å². The third-order valence-corrected chi connectivity index (χ3v) is 2.78. The summed E-state index contributed by atoms with van der Waals surface area (Å²) in [6.45, 7) is 1.96. The topological polar surface area (TPSA) is 65.0 Å². The number of benzene rings is 1. The molecule has 0 aliphatic carbocycles. The van der Waals surface area contributed by atoms with Crippen LogP contribution in [0.15, 0.2) is 33.6 Å². The van der Waals surface area contributed by atoms with E-state index < -0.39 is 11.9 Å². The highest BCUT2D eigenvalue weighted by Crippen LogP contribution is 2.19. The van der Waals surface area contributed by atoms with Crippen LogP contribution >= 0.6 is 11.9 Å². The summed E-state index contributed by atoms with van der Waals surface area (Å²) in [4.78, 5) is 23.5. The average Bonchev–Trinajstić information content (AvgIpc) is 2.40. The maximum Gasteiger partial charge on any atom is 0.365 e. The summed E-state index contributed by atoms with van der Waals surface area (Å²) in [7, 11) is 2.36. The lowest BCUT2D eigenvalue weighted by Crippen LogP contribution is -2.26. The van der Waals surface area contributed by atoms with Crippen LogP contribution < -0.4 is 0 Å². The first-order valence-corrected chi connectivity index (χ1v) is 5.84. The first-order chi connectivity index (χ1) is 8.58. The molecule has 1 aromatic rings. The van der Waals surface area contributed by atoms with Crippen molar-refractivity contribution < 1.29 is 19.1 Å². The summed E-state index contributed by atoms with van der Waals surface area (Å²) >= 11 is 1.01. The minimum absolute atomic E-state index is 0.370. The minimum Gasteiger partial charge on any atom is -0.464 e. The Bertz CT molecular complexity index is 449. The Morgan fingerprint density at radius 1 is 1.06 bits per heavy atom. The van der Waals surface area contributed by atoms with Gasteiger partial charge in [0.1, 0.15) is 0 Å². The van der Waals surface area contributed by atoms with E-state index in [4.69, 9.17) is 0 Å². The van der Waals surface area contributed by atoms with Crippen molar-refractivity contribution >= 4 is 29.6 Å². The van der Waals surface area contributed by atoms with Gasteiger partial charge in [0.05, 0.1) is 14.2 Å². The summed E-state index contributed by atoms with van der Waals surface area (Å²) in [6, 6.07) is 7.51. The third kappa shape index (κ3) is 3.89. The molecule has 0 amide bonds. The number of ether oxygens (including phenoxy) is 2. The number of hydrogen-bond acceptors (Lipinski definition) is 6. The molecule has 0 heterocycles. The Morgan fingerprint density at radius 3 is 2.00 bits per heavy atom. The maximum absolute atomic E-state index is 11.3. The molecule has 96 valence electrons. The highest BCUT2D eigenvalue weighted by Gasteiger charge is 2.22. The fourth-order valence-electron chi connectivity index (χ4n) is 1.05. The molecule has 0 spiro atoms. The second-order valence-electron chi connectivity index (χ2n) is 3.33. The minimum atomic E-state index is -0.818. The average molecular weight is 267 g/mol. The van der Waals surface area contributed by atoms with E-state index in [2.05, 4.69) is 13.9 Å². The lowest BCUT2D eigenvalue weighted by atomic mass is 10.2. The summed E-state index contributed by atoms with van der Waals surface area (Å²) in [5.41, 5.74) is 0.745. The predicted molar refractivity (Wildman–Crippen MR) is 68.5 cm³/mol. The highest BCUT2D eigenvalue weighted by molar-refractivity contribution is 7.98. The van der Waals surface area contributed by atoms with Gasteiger partial charge in [-0.15, -0.1) is 0 Å². The first-order valence-electron chi connectivity index (χ1n) is 5.06. The van der Waals surface area contributed by atoms with Crippen LogP contribution in [0.4, 0.5) is 0 Å². The van der Waals surface area contributed by atoms with Crippen LogP contribution in [0.3, 0.4) is 0 Å². The van der Waals surface area contributed by atoms with E-state index in [1.807, 2.05) is 31.2 Å². The number of carbonyl (C=O) groups is 2.